The molecule has 0 saturated heterocycles. The summed E-state index contributed by atoms with van der Waals surface area (Å²) in [5.74, 6) is 1.51. The van der Waals surface area contributed by atoms with Gasteiger partial charge in [0.15, 0.2) is 11.5 Å². The zero-order valence-corrected chi connectivity index (χ0v) is 15.6. The maximum atomic E-state index is 5.99. The summed E-state index contributed by atoms with van der Waals surface area (Å²) >= 11 is 0. The predicted molar refractivity (Wildman–Crippen MR) is 107 cm³/mol. The quantitative estimate of drug-likeness (QED) is 0.612. The molecule has 134 valence electrons. The first kappa shape index (κ1) is 17.9. The van der Waals surface area contributed by atoms with Crippen LogP contribution in [0.2, 0.25) is 0 Å². The molecular weight excluding hydrogens is 322 g/mol. The molecule has 1 N–H and O–H groups in total. The van der Waals surface area contributed by atoms with Crippen molar-refractivity contribution < 1.29 is 9.47 Å². The number of aryl methyl sites for hydroxylation is 2. The molecule has 0 atom stereocenters. The zero-order chi connectivity index (χ0) is 18.4. The summed E-state index contributed by atoms with van der Waals surface area (Å²) in [6.45, 7) is 5.50. The molecule has 0 aliphatic rings. The van der Waals surface area contributed by atoms with Gasteiger partial charge in [-0.2, -0.15) is 0 Å². The summed E-state index contributed by atoms with van der Waals surface area (Å²) in [6.07, 6.45) is 0. The highest BCUT2D eigenvalue weighted by Crippen LogP contribution is 2.29. The van der Waals surface area contributed by atoms with E-state index in [1.54, 1.807) is 7.11 Å². The highest BCUT2D eigenvalue weighted by molar-refractivity contribution is 5.49. The van der Waals surface area contributed by atoms with Crippen molar-refractivity contribution in [3.63, 3.8) is 0 Å². The Morgan fingerprint density at radius 2 is 1.58 bits per heavy atom. The summed E-state index contributed by atoms with van der Waals surface area (Å²) in [4.78, 5) is 0. The molecule has 0 fully saturated rings. The summed E-state index contributed by atoms with van der Waals surface area (Å²) in [5, 5.41) is 3.47. The molecule has 3 nitrogen and oxygen atoms in total. The van der Waals surface area contributed by atoms with E-state index in [-0.39, 0.29) is 0 Å². The van der Waals surface area contributed by atoms with Crippen LogP contribution in [0.3, 0.4) is 0 Å². The third-order valence-corrected chi connectivity index (χ3v) is 4.47. The number of methoxy groups -OCH3 is 1. The van der Waals surface area contributed by atoms with Crippen molar-refractivity contribution in [2.24, 2.45) is 0 Å². The minimum absolute atomic E-state index is 0.519. The smallest absolute Gasteiger partial charge is 0.162 e. The SMILES string of the molecule is COc1ccc(CNc2ccc(C)c(C)c2)cc1OCc1ccccc1. The van der Waals surface area contributed by atoms with E-state index in [1.165, 1.54) is 11.1 Å². The Kier molecular flexibility index (Phi) is 5.80. The Morgan fingerprint density at radius 1 is 0.769 bits per heavy atom. The number of hydrogen-bond donors (Lipinski definition) is 1. The van der Waals surface area contributed by atoms with Crippen molar-refractivity contribution in [2.45, 2.75) is 27.0 Å². The van der Waals surface area contributed by atoms with Crippen molar-refractivity contribution in [1.29, 1.82) is 0 Å². The number of ether oxygens (including phenoxy) is 2. The normalized spacial score (nSPS) is 10.4. The Hall–Kier alpha value is -2.94. The van der Waals surface area contributed by atoms with Gasteiger partial charge in [-0.1, -0.05) is 42.5 Å². The van der Waals surface area contributed by atoms with Gasteiger partial charge >= 0.3 is 0 Å². The Balaban J connectivity index is 1.68. The van der Waals surface area contributed by atoms with Crippen LogP contribution in [0.1, 0.15) is 22.3 Å². The average molecular weight is 347 g/mol. The van der Waals surface area contributed by atoms with Gasteiger partial charge in [-0.15, -0.1) is 0 Å². The van der Waals surface area contributed by atoms with Crippen LogP contribution >= 0.6 is 0 Å². The predicted octanol–water partition coefficient (Wildman–Crippen LogP) is 5.50. The first-order valence-corrected chi connectivity index (χ1v) is 8.80. The third kappa shape index (κ3) is 4.57. The van der Waals surface area contributed by atoms with Crippen LogP contribution in [-0.4, -0.2) is 7.11 Å². The molecule has 0 aliphatic carbocycles. The number of hydrogen-bond acceptors (Lipinski definition) is 3. The van der Waals surface area contributed by atoms with E-state index in [0.717, 1.165) is 34.9 Å². The third-order valence-electron chi connectivity index (χ3n) is 4.47. The molecule has 0 unspecified atom stereocenters. The summed E-state index contributed by atoms with van der Waals surface area (Å²) in [7, 11) is 1.66. The number of nitrogens with one attached hydrogen (secondary N) is 1. The second-order valence-corrected chi connectivity index (χ2v) is 6.41. The van der Waals surface area contributed by atoms with E-state index in [2.05, 4.69) is 55.6 Å². The Bertz CT molecular complexity index is 859. The Labute approximate surface area is 155 Å². The van der Waals surface area contributed by atoms with Crippen LogP contribution in [0, 0.1) is 13.8 Å². The summed E-state index contributed by atoms with van der Waals surface area (Å²) in [6, 6.07) is 22.6. The molecule has 0 spiro atoms. The fourth-order valence-electron chi connectivity index (χ4n) is 2.73. The molecule has 0 aliphatic heterocycles. The Morgan fingerprint density at radius 3 is 2.31 bits per heavy atom. The molecule has 3 aromatic rings. The van der Waals surface area contributed by atoms with Gasteiger partial charge in [0.2, 0.25) is 0 Å². The fraction of sp³-hybridized carbons (Fsp3) is 0.217. The summed E-state index contributed by atoms with van der Waals surface area (Å²) < 4.78 is 11.4. The lowest BCUT2D eigenvalue weighted by Crippen LogP contribution is -2.02. The molecule has 0 amide bonds. The number of benzene rings is 3. The highest BCUT2D eigenvalue weighted by atomic mass is 16.5. The van der Waals surface area contributed by atoms with Gasteiger partial charge in [0.05, 0.1) is 7.11 Å². The first-order chi connectivity index (χ1) is 12.7. The van der Waals surface area contributed by atoms with Crippen molar-refractivity contribution >= 4 is 5.69 Å². The van der Waals surface area contributed by atoms with Crippen LogP contribution in [0.15, 0.2) is 66.7 Å². The second-order valence-electron chi connectivity index (χ2n) is 6.41. The van der Waals surface area contributed by atoms with Crippen LogP contribution in [-0.2, 0) is 13.2 Å². The van der Waals surface area contributed by atoms with Crippen molar-refractivity contribution in [2.75, 3.05) is 12.4 Å². The minimum atomic E-state index is 0.519. The molecule has 3 aromatic carbocycles. The van der Waals surface area contributed by atoms with Crippen molar-refractivity contribution in [3.8, 4) is 11.5 Å². The molecule has 26 heavy (non-hydrogen) atoms. The first-order valence-electron chi connectivity index (χ1n) is 8.80. The molecule has 0 aromatic heterocycles. The fourth-order valence-corrected chi connectivity index (χ4v) is 2.73. The van der Waals surface area contributed by atoms with Gasteiger partial charge in [0.1, 0.15) is 6.61 Å². The number of anilines is 1. The van der Waals surface area contributed by atoms with E-state index in [1.807, 2.05) is 30.3 Å². The maximum Gasteiger partial charge on any atom is 0.162 e. The van der Waals surface area contributed by atoms with Gasteiger partial charge in [-0.3, -0.25) is 0 Å². The van der Waals surface area contributed by atoms with E-state index in [0.29, 0.717) is 6.61 Å². The van der Waals surface area contributed by atoms with Crippen LogP contribution in [0.5, 0.6) is 11.5 Å². The molecule has 0 bridgehead atoms. The van der Waals surface area contributed by atoms with E-state index < -0.39 is 0 Å². The average Bonchev–Trinajstić information content (AvgIpc) is 2.68. The van der Waals surface area contributed by atoms with Crippen molar-refractivity contribution in [1.82, 2.24) is 0 Å². The van der Waals surface area contributed by atoms with Gasteiger partial charge in [-0.25, -0.2) is 0 Å². The summed E-state index contributed by atoms with van der Waals surface area (Å²) in [5.41, 5.74) is 5.99. The van der Waals surface area contributed by atoms with Gasteiger partial charge in [0, 0.05) is 12.2 Å². The highest BCUT2D eigenvalue weighted by Gasteiger charge is 2.07. The monoisotopic (exact) mass is 347 g/mol. The second kappa shape index (κ2) is 8.43. The lowest BCUT2D eigenvalue weighted by molar-refractivity contribution is 0.284. The lowest BCUT2D eigenvalue weighted by Gasteiger charge is -2.14. The molecule has 0 saturated carbocycles. The van der Waals surface area contributed by atoms with Crippen molar-refractivity contribution in [3.05, 3.63) is 89.0 Å². The standard InChI is InChI=1S/C23H25NO2/c1-17-9-11-21(13-18(17)2)24-15-20-10-12-22(25-3)23(14-20)26-16-19-7-5-4-6-8-19/h4-14,24H,15-16H2,1-3H3. The largest absolute Gasteiger partial charge is 0.493 e. The minimum Gasteiger partial charge on any atom is -0.493 e. The van der Waals surface area contributed by atoms with E-state index in [4.69, 9.17) is 9.47 Å². The molecular formula is C23H25NO2. The number of rotatable bonds is 7. The zero-order valence-electron chi connectivity index (χ0n) is 15.6. The van der Waals surface area contributed by atoms with E-state index >= 15 is 0 Å². The topological polar surface area (TPSA) is 30.5 Å². The van der Waals surface area contributed by atoms with Crippen LogP contribution in [0.25, 0.3) is 0 Å². The van der Waals surface area contributed by atoms with Gasteiger partial charge < -0.3 is 14.8 Å². The molecule has 3 rings (SSSR count). The maximum absolute atomic E-state index is 5.99. The molecule has 0 radical (unpaired) electrons. The molecule has 0 heterocycles. The molecule has 3 heteroatoms. The van der Waals surface area contributed by atoms with Crippen LogP contribution < -0.4 is 14.8 Å². The van der Waals surface area contributed by atoms with Gasteiger partial charge in [0.25, 0.3) is 0 Å². The van der Waals surface area contributed by atoms with E-state index in [9.17, 15) is 0 Å². The van der Waals surface area contributed by atoms with Gasteiger partial charge in [-0.05, 0) is 60.4 Å². The van der Waals surface area contributed by atoms with Crippen LogP contribution in [0.4, 0.5) is 5.69 Å². The lowest BCUT2D eigenvalue weighted by atomic mass is 10.1.